The summed E-state index contributed by atoms with van der Waals surface area (Å²) in [5, 5.41) is 5.45. The summed E-state index contributed by atoms with van der Waals surface area (Å²) in [6.07, 6.45) is 6.78. The summed E-state index contributed by atoms with van der Waals surface area (Å²) in [6, 6.07) is 1.91. The summed E-state index contributed by atoms with van der Waals surface area (Å²) < 4.78 is 0. The van der Waals surface area contributed by atoms with Gasteiger partial charge >= 0.3 is 0 Å². The second-order valence-corrected chi connectivity index (χ2v) is 7.57. The Hall–Kier alpha value is -0.870. The van der Waals surface area contributed by atoms with Gasteiger partial charge in [0.15, 0.2) is 0 Å². The molecule has 1 amide bonds. The van der Waals surface area contributed by atoms with Gasteiger partial charge in [0.1, 0.15) is 0 Å². The van der Waals surface area contributed by atoms with Crippen molar-refractivity contribution < 1.29 is 4.79 Å². The van der Waals surface area contributed by atoms with E-state index in [1.807, 2.05) is 11.4 Å². The third-order valence-corrected chi connectivity index (χ3v) is 5.18. The average molecular weight is 294 g/mol. The molecular formula is C16H26N2OS. The van der Waals surface area contributed by atoms with Crippen LogP contribution in [0.2, 0.25) is 0 Å². The molecule has 0 saturated heterocycles. The summed E-state index contributed by atoms with van der Waals surface area (Å²) in [5.74, 6) is 0.428. The second-order valence-electron chi connectivity index (χ2n) is 6.57. The van der Waals surface area contributed by atoms with Gasteiger partial charge in [0.05, 0.1) is 5.56 Å². The zero-order valence-electron chi connectivity index (χ0n) is 12.6. The first-order valence-electron chi connectivity index (χ1n) is 7.59. The van der Waals surface area contributed by atoms with Gasteiger partial charge in [-0.25, -0.2) is 0 Å². The summed E-state index contributed by atoms with van der Waals surface area (Å²) in [4.78, 5) is 12.3. The van der Waals surface area contributed by atoms with Crippen LogP contribution in [-0.2, 0) is 6.54 Å². The third-order valence-electron chi connectivity index (χ3n) is 4.24. The fraction of sp³-hybridized carbons (Fsp3) is 0.688. The van der Waals surface area contributed by atoms with E-state index in [0.29, 0.717) is 11.0 Å². The standard InChI is InChI=1S/C16H26N2OS/c1-12(2)8-16(5-3-4-6-16)11-18-9-14-7-13(10-20-14)15(17)19/h7,10,12,18H,3-6,8-9,11H2,1-2H3,(H2,17,19). The highest BCUT2D eigenvalue weighted by Crippen LogP contribution is 2.42. The number of rotatable bonds is 7. The number of nitrogens with one attached hydrogen (secondary N) is 1. The number of primary amides is 1. The van der Waals surface area contributed by atoms with Gasteiger partial charge in [0.25, 0.3) is 0 Å². The van der Waals surface area contributed by atoms with Crippen molar-refractivity contribution in [3.8, 4) is 0 Å². The average Bonchev–Trinajstić information content (AvgIpc) is 2.98. The fourth-order valence-corrected chi connectivity index (χ4v) is 4.34. The molecule has 1 aliphatic carbocycles. The van der Waals surface area contributed by atoms with Crippen LogP contribution in [0, 0.1) is 11.3 Å². The van der Waals surface area contributed by atoms with Crippen LogP contribution in [0.5, 0.6) is 0 Å². The lowest BCUT2D eigenvalue weighted by atomic mass is 9.78. The molecule has 1 aromatic heterocycles. The Bertz CT molecular complexity index is 447. The summed E-state index contributed by atoms with van der Waals surface area (Å²) in [7, 11) is 0. The van der Waals surface area contributed by atoms with Crippen molar-refractivity contribution in [2.24, 2.45) is 17.1 Å². The van der Waals surface area contributed by atoms with Gasteiger partial charge in [-0.05, 0) is 36.7 Å². The maximum atomic E-state index is 11.1. The van der Waals surface area contributed by atoms with E-state index in [4.69, 9.17) is 5.73 Å². The van der Waals surface area contributed by atoms with Gasteiger partial charge in [0, 0.05) is 23.3 Å². The van der Waals surface area contributed by atoms with Crippen molar-refractivity contribution >= 4 is 17.2 Å². The summed E-state index contributed by atoms with van der Waals surface area (Å²) in [6.45, 7) is 6.57. The van der Waals surface area contributed by atoms with E-state index in [2.05, 4.69) is 19.2 Å². The maximum Gasteiger partial charge on any atom is 0.249 e. The fourth-order valence-electron chi connectivity index (χ4n) is 3.50. The number of hydrogen-bond acceptors (Lipinski definition) is 3. The lowest BCUT2D eigenvalue weighted by molar-refractivity contribution is 0.100. The van der Waals surface area contributed by atoms with E-state index >= 15 is 0 Å². The number of amides is 1. The number of carbonyl (C=O) groups excluding carboxylic acids is 1. The molecule has 1 saturated carbocycles. The summed E-state index contributed by atoms with van der Waals surface area (Å²) >= 11 is 1.61. The van der Waals surface area contributed by atoms with Gasteiger partial charge in [-0.2, -0.15) is 0 Å². The molecule has 3 nitrogen and oxygen atoms in total. The van der Waals surface area contributed by atoms with E-state index in [0.717, 1.165) is 19.0 Å². The largest absolute Gasteiger partial charge is 0.366 e. The SMILES string of the molecule is CC(C)CC1(CNCc2cc(C(N)=O)cs2)CCCC1. The Morgan fingerprint density at radius 2 is 2.15 bits per heavy atom. The van der Waals surface area contributed by atoms with Crippen LogP contribution in [-0.4, -0.2) is 12.5 Å². The molecule has 20 heavy (non-hydrogen) atoms. The molecule has 3 N–H and O–H groups in total. The first-order valence-corrected chi connectivity index (χ1v) is 8.47. The molecule has 0 spiro atoms. The smallest absolute Gasteiger partial charge is 0.249 e. The Balaban J connectivity index is 1.85. The normalized spacial score (nSPS) is 17.8. The first kappa shape index (κ1) is 15.5. The maximum absolute atomic E-state index is 11.1. The van der Waals surface area contributed by atoms with Gasteiger partial charge < -0.3 is 11.1 Å². The van der Waals surface area contributed by atoms with Crippen molar-refractivity contribution in [3.63, 3.8) is 0 Å². The molecule has 0 bridgehead atoms. The molecule has 4 heteroatoms. The second kappa shape index (κ2) is 6.72. The molecule has 1 heterocycles. The summed E-state index contributed by atoms with van der Waals surface area (Å²) in [5.41, 5.74) is 6.41. The molecule has 0 atom stereocenters. The van der Waals surface area contributed by atoms with E-state index in [-0.39, 0.29) is 5.91 Å². The first-order chi connectivity index (χ1) is 9.51. The molecule has 1 fully saturated rings. The molecule has 2 rings (SSSR count). The molecule has 0 aliphatic heterocycles. The van der Waals surface area contributed by atoms with E-state index < -0.39 is 0 Å². The van der Waals surface area contributed by atoms with Gasteiger partial charge in [-0.3, -0.25) is 4.79 Å². The zero-order chi connectivity index (χ0) is 14.6. The lowest BCUT2D eigenvalue weighted by Crippen LogP contribution is -2.32. The minimum absolute atomic E-state index is 0.334. The third kappa shape index (κ3) is 4.06. The Morgan fingerprint density at radius 3 is 2.70 bits per heavy atom. The van der Waals surface area contributed by atoms with Crippen LogP contribution >= 0.6 is 11.3 Å². The molecule has 1 aliphatic rings. The lowest BCUT2D eigenvalue weighted by Gasteiger charge is -2.31. The van der Waals surface area contributed by atoms with Gasteiger partial charge in [-0.1, -0.05) is 26.7 Å². The Labute approximate surface area is 125 Å². The van der Waals surface area contributed by atoms with Gasteiger partial charge in [0.2, 0.25) is 5.91 Å². The Kier molecular flexibility index (Phi) is 5.22. The number of nitrogens with two attached hydrogens (primary N) is 1. The van der Waals surface area contributed by atoms with Crippen LogP contribution < -0.4 is 11.1 Å². The van der Waals surface area contributed by atoms with E-state index in [9.17, 15) is 4.79 Å². The highest BCUT2D eigenvalue weighted by molar-refractivity contribution is 7.10. The quantitative estimate of drug-likeness (QED) is 0.808. The highest BCUT2D eigenvalue weighted by atomic mass is 32.1. The van der Waals surface area contributed by atoms with E-state index in [1.54, 1.807) is 11.3 Å². The van der Waals surface area contributed by atoms with Crippen molar-refractivity contribution in [1.29, 1.82) is 0 Å². The van der Waals surface area contributed by atoms with Gasteiger partial charge in [-0.15, -0.1) is 11.3 Å². The minimum Gasteiger partial charge on any atom is -0.366 e. The molecule has 0 aromatic carbocycles. The topological polar surface area (TPSA) is 55.1 Å². The molecule has 0 unspecified atom stereocenters. The van der Waals surface area contributed by atoms with Crippen LogP contribution in [0.1, 0.15) is 61.2 Å². The molecular weight excluding hydrogens is 268 g/mol. The number of hydrogen-bond donors (Lipinski definition) is 2. The van der Waals surface area contributed by atoms with Crippen LogP contribution in [0.25, 0.3) is 0 Å². The van der Waals surface area contributed by atoms with E-state index in [1.165, 1.54) is 37.0 Å². The minimum atomic E-state index is -0.334. The predicted molar refractivity (Wildman–Crippen MR) is 84.9 cm³/mol. The monoisotopic (exact) mass is 294 g/mol. The van der Waals surface area contributed by atoms with Crippen LogP contribution in [0.4, 0.5) is 0 Å². The Morgan fingerprint density at radius 1 is 1.45 bits per heavy atom. The van der Waals surface area contributed by atoms with Crippen LogP contribution in [0.3, 0.4) is 0 Å². The van der Waals surface area contributed by atoms with Crippen molar-refractivity contribution in [2.45, 2.75) is 52.5 Å². The molecule has 0 radical (unpaired) electrons. The molecule has 112 valence electrons. The zero-order valence-corrected chi connectivity index (χ0v) is 13.4. The predicted octanol–water partition coefficient (Wildman–Crippen LogP) is 3.54. The highest BCUT2D eigenvalue weighted by Gasteiger charge is 2.33. The van der Waals surface area contributed by atoms with Crippen molar-refractivity contribution in [2.75, 3.05) is 6.54 Å². The van der Waals surface area contributed by atoms with Crippen LogP contribution in [0.15, 0.2) is 11.4 Å². The number of thiophene rings is 1. The molecule has 1 aromatic rings. The van der Waals surface area contributed by atoms with Crippen molar-refractivity contribution in [1.82, 2.24) is 5.32 Å². The van der Waals surface area contributed by atoms with Crippen molar-refractivity contribution in [3.05, 3.63) is 21.9 Å². The number of carbonyl (C=O) groups is 1.